The van der Waals surface area contributed by atoms with E-state index in [0.29, 0.717) is 0 Å². The molecular formula is C6H6FN3O4S. The first-order valence-electron chi connectivity index (χ1n) is 3.54. The van der Waals surface area contributed by atoms with E-state index < -0.39 is 32.3 Å². The molecular weight excluding hydrogens is 229 g/mol. The Labute approximate surface area is 84.0 Å². The smallest absolute Gasteiger partial charge is 0.268 e. The molecule has 3 N–H and O–H groups in total. The summed E-state index contributed by atoms with van der Waals surface area (Å²) in [6.07, 6.45) is 0. The molecule has 9 heteroatoms. The van der Waals surface area contributed by atoms with Gasteiger partial charge in [0.2, 0.25) is 0 Å². The van der Waals surface area contributed by atoms with E-state index in [9.17, 15) is 22.9 Å². The van der Waals surface area contributed by atoms with Gasteiger partial charge in [-0.05, 0) is 6.07 Å². The number of nitro groups is 1. The normalized spacial score (nSPS) is 11.1. The Morgan fingerprint density at radius 3 is 2.53 bits per heavy atom. The highest BCUT2D eigenvalue weighted by molar-refractivity contribution is 7.90. The summed E-state index contributed by atoms with van der Waals surface area (Å²) in [5, 5.41) is 14.9. The Hall–Kier alpha value is -1.74. The minimum atomic E-state index is -4.15. The fraction of sp³-hybridized carbons (Fsp3) is 0. The molecule has 0 unspecified atom stereocenters. The first kappa shape index (κ1) is 11.3. The lowest BCUT2D eigenvalue weighted by atomic mass is 10.3. The van der Waals surface area contributed by atoms with Crippen LogP contribution in [0.4, 0.5) is 15.8 Å². The van der Waals surface area contributed by atoms with Gasteiger partial charge < -0.3 is 0 Å². The lowest BCUT2D eigenvalue weighted by Crippen LogP contribution is -2.22. The van der Waals surface area contributed by atoms with Crippen LogP contribution < -0.4 is 9.86 Å². The molecule has 0 saturated heterocycles. The zero-order chi connectivity index (χ0) is 11.6. The largest absolute Gasteiger partial charge is 0.296 e. The Bertz CT molecular complexity index is 501. The van der Waals surface area contributed by atoms with Crippen molar-refractivity contribution in [2.75, 3.05) is 4.72 Å². The third-order valence-corrected chi connectivity index (χ3v) is 1.92. The predicted molar refractivity (Wildman–Crippen MR) is 49.8 cm³/mol. The number of nitrogens with two attached hydrogens (primary N) is 1. The first-order chi connectivity index (χ1) is 6.79. The van der Waals surface area contributed by atoms with Crippen LogP contribution in [0.2, 0.25) is 0 Å². The summed E-state index contributed by atoms with van der Waals surface area (Å²) in [6.45, 7) is 0. The van der Waals surface area contributed by atoms with Crippen LogP contribution >= 0.6 is 0 Å². The van der Waals surface area contributed by atoms with Gasteiger partial charge in [-0.3, -0.25) is 14.8 Å². The number of non-ortho nitro benzene ring substituents is 1. The molecule has 1 rings (SSSR count). The van der Waals surface area contributed by atoms with Crippen molar-refractivity contribution in [1.29, 1.82) is 0 Å². The van der Waals surface area contributed by atoms with E-state index >= 15 is 0 Å². The van der Waals surface area contributed by atoms with Crippen molar-refractivity contribution < 1.29 is 17.7 Å². The van der Waals surface area contributed by atoms with Gasteiger partial charge in [0.15, 0.2) is 0 Å². The number of nitro benzene ring substituents is 1. The molecule has 0 aliphatic carbocycles. The number of halogens is 1. The fourth-order valence-corrected chi connectivity index (χ4v) is 1.32. The SMILES string of the molecule is NS(=O)(=O)Nc1cc([N+](=O)[O-])ccc1F. The minimum Gasteiger partial charge on any atom is -0.268 e. The number of hydrogen-bond donors (Lipinski definition) is 2. The average Bonchev–Trinajstić information content (AvgIpc) is 2.06. The number of rotatable bonds is 3. The molecule has 0 saturated carbocycles. The zero-order valence-corrected chi connectivity index (χ0v) is 7.99. The third kappa shape index (κ3) is 3.14. The highest BCUT2D eigenvalue weighted by Crippen LogP contribution is 2.21. The molecule has 7 nitrogen and oxygen atoms in total. The van der Waals surface area contributed by atoms with Crippen molar-refractivity contribution in [2.24, 2.45) is 5.14 Å². The first-order valence-corrected chi connectivity index (χ1v) is 5.09. The number of hydrogen-bond acceptors (Lipinski definition) is 4. The van der Waals surface area contributed by atoms with Crippen molar-refractivity contribution >= 4 is 21.6 Å². The summed E-state index contributed by atoms with van der Waals surface area (Å²) in [6, 6.07) is 2.41. The molecule has 0 aliphatic rings. The lowest BCUT2D eigenvalue weighted by Gasteiger charge is -2.03. The van der Waals surface area contributed by atoms with Crippen LogP contribution in [0.25, 0.3) is 0 Å². The molecule has 0 aromatic heterocycles. The van der Waals surface area contributed by atoms with Gasteiger partial charge in [0, 0.05) is 12.1 Å². The van der Waals surface area contributed by atoms with Gasteiger partial charge in [-0.2, -0.15) is 8.42 Å². The van der Waals surface area contributed by atoms with E-state index in [4.69, 9.17) is 0 Å². The van der Waals surface area contributed by atoms with Crippen molar-refractivity contribution in [3.8, 4) is 0 Å². The minimum absolute atomic E-state index is 0.442. The van der Waals surface area contributed by atoms with E-state index in [2.05, 4.69) is 5.14 Å². The summed E-state index contributed by atoms with van der Waals surface area (Å²) in [7, 11) is -4.15. The van der Waals surface area contributed by atoms with Crippen LogP contribution in [0.15, 0.2) is 18.2 Å². The molecule has 0 spiro atoms. The maximum atomic E-state index is 13.0. The zero-order valence-electron chi connectivity index (χ0n) is 7.18. The highest BCUT2D eigenvalue weighted by Gasteiger charge is 2.13. The number of benzene rings is 1. The van der Waals surface area contributed by atoms with Gasteiger partial charge >= 0.3 is 0 Å². The van der Waals surface area contributed by atoms with Crippen molar-refractivity contribution in [3.05, 3.63) is 34.1 Å². The number of anilines is 1. The van der Waals surface area contributed by atoms with Gasteiger partial charge in [-0.25, -0.2) is 9.53 Å². The molecule has 0 atom stereocenters. The Kier molecular flexibility index (Phi) is 2.86. The summed E-state index contributed by atoms with van der Waals surface area (Å²) < 4.78 is 35.7. The summed E-state index contributed by atoms with van der Waals surface area (Å²) >= 11 is 0. The maximum Gasteiger partial charge on any atom is 0.296 e. The Morgan fingerprint density at radius 2 is 2.07 bits per heavy atom. The Balaban J connectivity index is 3.17. The second kappa shape index (κ2) is 3.79. The van der Waals surface area contributed by atoms with Crippen LogP contribution in [0.1, 0.15) is 0 Å². The number of nitrogens with zero attached hydrogens (tertiary/aromatic N) is 1. The van der Waals surface area contributed by atoms with E-state index in [0.717, 1.165) is 18.2 Å². The molecule has 1 aromatic rings. The van der Waals surface area contributed by atoms with Gasteiger partial charge in [-0.1, -0.05) is 0 Å². The lowest BCUT2D eigenvalue weighted by molar-refractivity contribution is -0.384. The molecule has 82 valence electrons. The third-order valence-electron chi connectivity index (χ3n) is 1.41. The van der Waals surface area contributed by atoms with Crippen LogP contribution in [-0.4, -0.2) is 13.3 Å². The summed E-state index contributed by atoms with van der Waals surface area (Å²) in [5.74, 6) is -0.949. The maximum absolute atomic E-state index is 13.0. The number of nitrogens with one attached hydrogen (secondary N) is 1. The quantitative estimate of drug-likeness (QED) is 0.580. The molecule has 15 heavy (non-hydrogen) atoms. The van der Waals surface area contributed by atoms with E-state index in [-0.39, 0.29) is 0 Å². The van der Waals surface area contributed by atoms with Crippen LogP contribution in [0.5, 0.6) is 0 Å². The standard InChI is InChI=1S/C6H6FN3O4S/c7-5-2-1-4(10(11)12)3-6(5)9-15(8,13)14/h1-3,9H,(H2,8,13,14). The second-order valence-corrected chi connectivity index (χ2v) is 3.86. The highest BCUT2D eigenvalue weighted by atomic mass is 32.2. The Morgan fingerprint density at radius 1 is 1.47 bits per heavy atom. The molecule has 0 fully saturated rings. The predicted octanol–water partition coefficient (Wildman–Crippen LogP) is 0.349. The monoisotopic (exact) mass is 235 g/mol. The van der Waals surface area contributed by atoms with Crippen molar-refractivity contribution in [3.63, 3.8) is 0 Å². The van der Waals surface area contributed by atoms with Gasteiger partial charge in [-0.15, -0.1) is 0 Å². The fourth-order valence-electron chi connectivity index (χ4n) is 0.858. The molecule has 0 amide bonds. The van der Waals surface area contributed by atoms with Crippen molar-refractivity contribution in [1.82, 2.24) is 0 Å². The summed E-state index contributed by atoms with van der Waals surface area (Å²) in [4.78, 5) is 9.52. The van der Waals surface area contributed by atoms with Crippen LogP contribution in [0, 0.1) is 15.9 Å². The van der Waals surface area contributed by atoms with Crippen LogP contribution in [-0.2, 0) is 10.2 Å². The molecule has 0 radical (unpaired) electrons. The van der Waals surface area contributed by atoms with E-state index in [1.165, 1.54) is 0 Å². The van der Waals surface area contributed by atoms with Gasteiger partial charge in [0.1, 0.15) is 5.82 Å². The molecule has 0 bridgehead atoms. The average molecular weight is 235 g/mol. The topological polar surface area (TPSA) is 115 Å². The second-order valence-electron chi connectivity index (χ2n) is 2.57. The van der Waals surface area contributed by atoms with E-state index in [1.807, 2.05) is 0 Å². The van der Waals surface area contributed by atoms with Crippen molar-refractivity contribution in [2.45, 2.75) is 0 Å². The van der Waals surface area contributed by atoms with Gasteiger partial charge in [0.25, 0.3) is 15.9 Å². The molecule has 1 aromatic carbocycles. The molecule has 0 aliphatic heterocycles. The van der Waals surface area contributed by atoms with Gasteiger partial charge in [0.05, 0.1) is 10.6 Å². The van der Waals surface area contributed by atoms with Crippen LogP contribution in [0.3, 0.4) is 0 Å². The van der Waals surface area contributed by atoms with E-state index in [1.54, 1.807) is 4.72 Å². The molecule has 0 heterocycles. The summed E-state index contributed by atoms with van der Waals surface area (Å²) in [5.41, 5.74) is -1.01.